The third kappa shape index (κ3) is 9.65. The Hall–Kier alpha value is -0.650. The first-order valence-corrected chi connectivity index (χ1v) is 5.24. The molecule has 0 aromatic rings. The Morgan fingerprint density at radius 1 is 1.53 bits per heavy atom. The number of nitrogens with one attached hydrogen (secondary N) is 1. The molecule has 0 fully saturated rings. The van der Waals surface area contributed by atoms with E-state index in [1.54, 1.807) is 0 Å². The van der Waals surface area contributed by atoms with Crippen LogP contribution in [0.2, 0.25) is 0 Å². The van der Waals surface area contributed by atoms with Crippen LogP contribution in [0.4, 0.5) is 0 Å². The summed E-state index contributed by atoms with van der Waals surface area (Å²) in [6.45, 7) is 5.94. The van der Waals surface area contributed by atoms with E-state index in [9.17, 15) is 4.79 Å². The Bertz CT molecular complexity index is 174. The maximum absolute atomic E-state index is 11.2. The van der Waals surface area contributed by atoms with E-state index in [2.05, 4.69) is 5.32 Å². The summed E-state index contributed by atoms with van der Waals surface area (Å²) in [6.07, 6.45) is 0.224. The van der Waals surface area contributed by atoms with Gasteiger partial charge in [-0.1, -0.05) is 0 Å². The molecule has 0 aromatic carbocycles. The second-order valence-electron chi connectivity index (χ2n) is 3.73. The molecule has 0 saturated heterocycles. The van der Waals surface area contributed by atoms with Crippen LogP contribution in [0.25, 0.3) is 0 Å². The lowest BCUT2D eigenvalue weighted by Crippen LogP contribution is -2.37. The number of aliphatic hydroxyl groups is 1. The number of ether oxygens (including phenoxy) is 1. The summed E-state index contributed by atoms with van der Waals surface area (Å²) in [5.41, 5.74) is 0. The van der Waals surface area contributed by atoms with Crippen molar-refractivity contribution in [1.82, 2.24) is 10.2 Å². The van der Waals surface area contributed by atoms with E-state index in [0.717, 1.165) is 6.54 Å². The van der Waals surface area contributed by atoms with Crippen molar-refractivity contribution in [3.63, 3.8) is 0 Å². The van der Waals surface area contributed by atoms with E-state index >= 15 is 0 Å². The molecule has 1 amide bonds. The van der Waals surface area contributed by atoms with E-state index in [-0.39, 0.29) is 18.6 Å². The lowest BCUT2D eigenvalue weighted by Gasteiger charge is -2.16. The van der Waals surface area contributed by atoms with Crippen LogP contribution in [0.3, 0.4) is 0 Å². The zero-order chi connectivity index (χ0) is 11.7. The summed E-state index contributed by atoms with van der Waals surface area (Å²) < 4.78 is 5.36. The number of hydrogen-bond donors (Lipinski definition) is 2. The molecule has 0 radical (unpaired) electrons. The smallest absolute Gasteiger partial charge is 0.234 e. The molecule has 0 spiro atoms. The molecular formula is C10H22N2O3. The molecular weight excluding hydrogens is 196 g/mol. The average Bonchev–Trinajstić information content (AvgIpc) is 2.14. The molecule has 0 atom stereocenters. The van der Waals surface area contributed by atoms with E-state index in [4.69, 9.17) is 9.84 Å². The molecule has 2 N–H and O–H groups in total. The van der Waals surface area contributed by atoms with Crippen LogP contribution in [0.15, 0.2) is 0 Å². The quantitative estimate of drug-likeness (QED) is 0.574. The highest BCUT2D eigenvalue weighted by Gasteiger charge is 2.05. The largest absolute Gasteiger partial charge is 0.395 e. The van der Waals surface area contributed by atoms with Crippen molar-refractivity contribution in [2.75, 3.05) is 39.9 Å². The molecule has 0 saturated carbocycles. The van der Waals surface area contributed by atoms with E-state index < -0.39 is 0 Å². The van der Waals surface area contributed by atoms with Crippen LogP contribution in [0.1, 0.15) is 13.8 Å². The third-order valence-corrected chi connectivity index (χ3v) is 1.77. The van der Waals surface area contributed by atoms with E-state index in [0.29, 0.717) is 19.7 Å². The second-order valence-corrected chi connectivity index (χ2v) is 3.73. The number of amides is 1. The van der Waals surface area contributed by atoms with Gasteiger partial charge in [-0.3, -0.25) is 9.69 Å². The van der Waals surface area contributed by atoms with Crippen molar-refractivity contribution in [1.29, 1.82) is 0 Å². The van der Waals surface area contributed by atoms with Gasteiger partial charge in [-0.2, -0.15) is 0 Å². The number of aliphatic hydroxyl groups excluding tert-OH is 1. The van der Waals surface area contributed by atoms with Gasteiger partial charge < -0.3 is 15.2 Å². The van der Waals surface area contributed by atoms with Gasteiger partial charge in [-0.25, -0.2) is 0 Å². The summed E-state index contributed by atoms with van der Waals surface area (Å²) >= 11 is 0. The van der Waals surface area contributed by atoms with Crippen LogP contribution >= 0.6 is 0 Å². The first kappa shape index (κ1) is 14.3. The first-order chi connectivity index (χ1) is 7.06. The second kappa shape index (κ2) is 8.64. The zero-order valence-corrected chi connectivity index (χ0v) is 9.82. The Morgan fingerprint density at radius 2 is 2.20 bits per heavy atom. The van der Waals surface area contributed by atoms with Crippen molar-refractivity contribution >= 4 is 5.91 Å². The Balaban J connectivity index is 3.46. The maximum Gasteiger partial charge on any atom is 0.234 e. The van der Waals surface area contributed by atoms with Gasteiger partial charge in [0.2, 0.25) is 5.91 Å². The standard InChI is InChI=1S/C10H22N2O3/c1-9(2)15-7-5-12(3)8-10(14)11-4-6-13/h9,13H,4-8H2,1-3H3,(H,11,14). The van der Waals surface area contributed by atoms with Crippen molar-refractivity contribution in [2.45, 2.75) is 20.0 Å². The molecule has 15 heavy (non-hydrogen) atoms. The molecule has 0 rings (SSSR count). The minimum absolute atomic E-state index is 0.0219. The van der Waals surface area contributed by atoms with Crippen molar-refractivity contribution in [2.24, 2.45) is 0 Å². The number of hydrogen-bond acceptors (Lipinski definition) is 4. The Labute approximate surface area is 91.4 Å². The molecule has 0 bridgehead atoms. The Morgan fingerprint density at radius 3 is 2.73 bits per heavy atom. The van der Waals surface area contributed by atoms with Crippen molar-refractivity contribution in [3.05, 3.63) is 0 Å². The van der Waals surface area contributed by atoms with E-state index in [1.165, 1.54) is 0 Å². The number of rotatable bonds is 8. The van der Waals surface area contributed by atoms with Crippen LogP contribution in [0, 0.1) is 0 Å². The van der Waals surface area contributed by atoms with Crippen molar-refractivity contribution < 1.29 is 14.6 Å². The first-order valence-electron chi connectivity index (χ1n) is 5.24. The highest BCUT2D eigenvalue weighted by Crippen LogP contribution is 1.89. The van der Waals surface area contributed by atoms with Gasteiger partial charge in [0.25, 0.3) is 0 Å². The summed E-state index contributed by atoms with van der Waals surface area (Å²) in [6, 6.07) is 0. The predicted octanol–water partition coefficient (Wildman–Crippen LogP) is -0.548. The summed E-state index contributed by atoms with van der Waals surface area (Å²) in [5.74, 6) is -0.0731. The van der Waals surface area contributed by atoms with Gasteiger partial charge in [-0.05, 0) is 20.9 Å². The van der Waals surface area contributed by atoms with Crippen molar-refractivity contribution in [3.8, 4) is 0 Å². The number of carbonyl (C=O) groups excluding carboxylic acids is 1. The molecule has 90 valence electrons. The predicted molar refractivity (Wildman–Crippen MR) is 58.7 cm³/mol. The molecule has 0 unspecified atom stereocenters. The number of nitrogens with zero attached hydrogens (tertiary/aromatic N) is 1. The summed E-state index contributed by atoms with van der Waals surface area (Å²) in [5, 5.41) is 11.1. The van der Waals surface area contributed by atoms with Gasteiger partial charge in [-0.15, -0.1) is 0 Å². The van der Waals surface area contributed by atoms with Crippen LogP contribution in [-0.4, -0.2) is 61.9 Å². The van der Waals surface area contributed by atoms with Gasteiger partial charge in [0.1, 0.15) is 0 Å². The zero-order valence-electron chi connectivity index (χ0n) is 9.82. The lowest BCUT2D eigenvalue weighted by molar-refractivity contribution is -0.122. The summed E-state index contributed by atoms with van der Waals surface area (Å²) in [7, 11) is 1.86. The minimum Gasteiger partial charge on any atom is -0.395 e. The van der Waals surface area contributed by atoms with Gasteiger partial charge in [0.05, 0.1) is 25.9 Å². The maximum atomic E-state index is 11.2. The van der Waals surface area contributed by atoms with Crippen LogP contribution in [-0.2, 0) is 9.53 Å². The highest BCUT2D eigenvalue weighted by atomic mass is 16.5. The van der Waals surface area contributed by atoms with Gasteiger partial charge in [0.15, 0.2) is 0 Å². The normalized spacial score (nSPS) is 11.1. The fraction of sp³-hybridized carbons (Fsp3) is 0.900. The lowest BCUT2D eigenvalue weighted by atomic mass is 10.4. The van der Waals surface area contributed by atoms with Crippen LogP contribution < -0.4 is 5.32 Å². The molecule has 0 heterocycles. The van der Waals surface area contributed by atoms with Crippen LogP contribution in [0.5, 0.6) is 0 Å². The van der Waals surface area contributed by atoms with Gasteiger partial charge in [0, 0.05) is 13.1 Å². The number of carbonyl (C=O) groups is 1. The molecule has 0 aliphatic rings. The van der Waals surface area contributed by atoms with E-state index in [1.807, 2.05) is 25.8 Å². The molecule has 5 heteroatoms. The molecule has 0 aromatic heterocycles. The number of likely N-dealkylation sites (N-methyl/N-ethyl adjacent to an activating group) is 1. The third-order valence-electron chi connectivity index (χ3n) is 1.77. The molecule has 0 aliphatic carbocycles. The SMILES string of the molecule is CC(C)OCCN(C)CC(=O)NCCO. The molecule has 5 nitrogen and oxygen atoms in total. The highest BCUT2D eigenvalue weighted by molar-refractivity contribution is 5.77. The average molecular weight is 218 g/mol. The minimum atomic E-state index is -0.0731. The fourth-order valence-electron chi connectivity index (χ4n) is 1.02. The molecule has 0 aliphatic heterocycles. The van der Waals surface area contributed by atoms with Gasteiger partial charge >= 0.3 is 0 Å². The Kier molecular flexibility index (Phi) is 8.27. The topological polar surface area (TPSA) is 61.8 Å². The summed E-state index contributed by atoms with van der Waals surface area (Å²) in [4.78, 5) is 13.1. The fourth-order valence-corrected chi connectivity index (χ4v) is 1.02. The monoisotopic (exact) mass is 218 g/mol.